The van der Waals surface area contributed by atoms with Gasteiger partial charge >= 0.3 is 0 Å². The van der Waals surface area contributed by atoms with Crippen LogP contribution in [0, 0.1) is 0 Å². The van der Waals surface area contributed by atoms with Crippen LogP contribution in [-0.4, -0.2) is 68.5 Å². The number of phosphoric ester groups is 1. The summed E-state index contributed by atoms with van der Waals surface area (Å²) in [5.74, 6) is -0.203. The van der Waals surface area contributed by atoms with Crippen molar-refractivity contribution in [2.75, 3.05) is 40.9 Å². The van der Waals surface area contributed by atoms with E-state index in [1.165, 1.54) is 218 Å². The van der Waals surface area contributed by atoms with E-state index in [4.69, 9.17) is 9.05 Å². The standard InChI is InChI=1S/C58H115N2O6P/c1-6-8-10-12-14-16-18-20-22-23-24-25-26-27-28-29-30-31-32-33-34-35-36-38-39-41-43-45-47-49-51-57(61)56(55-66-67(63,64)65-54-53-60(3,4)5)59-58(62)52-50-48-46-44-42-40-37-21-19-17-15-13-11-9-7-2/h21,37,49,51,56-57,61H,6-20,22-36,38-48,50,52-55H2,1-5H3,(H-,59,62,63,64)/b37-21-,51-49+. The highest BCUT2D eigenvalue weighted by molar-refractivity contribution is 7.45. The number of aliphatic hydroxyl groups excluding tert-OH is 1. The van der Waals surface area contributed by atoms with Crippen LogP contribution in [-0.2, 0) is 18.4 Å². The monoisotopic (exact) mass is 967 g/mol. The number of nitrogens with one attached hydrogen (secondary N) is 1. The minimum Gasteiger partial charge on any atom is -0.756 e. The fraction of sp³-hybridized carbons (Fsp3) is 0.914. The SMILES string of the molecule is CCCCCCCC/C=C\CCCCCCCC(=O)NC(COP(=O)([O-])OCC[N+](C)(C)C)C(O)/C=C/CCCCCCCCCCCCCCCCCCCCCCCCCCCCCC. The number of carbonyl (C=O) groups is 1. The Hall–Kier alpha value is -1.02. The number of likely N-dealkylation sites (N-methyl/N-ethyl adjacent to an activating group) is 1. The van der Waals surface area contributed by atoms with Crippen molar-refractivity contribution >= 4 is 13.7 Å². The van der Waals surface area contributed by atoms with E-state index in [-0.39, 0.29) is 19.1 Å². The van der Waals surface area contributed by atoms with E-state index in [1.54, 1.807) is 6.08 Å². The molecular formula is C58H115N2O6P. The number of carbonyl (C=O) groups excluding carboxylic acids is 1. The molecule has 0 aliphatic rings. The maximum Gasteiger partial charge on any atom is 0.268 e. The number of nitrogens with zero attached hydrogens (tertiary/aromatic N) is 1. The number of hydrogen-bond acceptors (Lipinski definition) is 6. The Balaban J connectivity index is 4.10. The second-order valence-electron chi connectivity index (χ2n) is 21.4. The third-order valence-electron chi connectivity index (χ3n) is 13.4. The maximum absolute atomic E-state index is 12.9. The van der Waals surface area contributed by atoms with Crippen LogP contribution in [0.1, 0.15) is 290 Å². The molecule has 0 saturated carbocycles. The minimum absolute atomic E-state index is 0.00108. The summed E-state index contributed by atoms with van der Waals surface area (Å²) >= 11 is 0. The average Bonchev–Trinajstić information content (AvgIpc) is 3.29. The first-order valence-corrected chi connectivity index (χ1v) is 30.7. The van der Waals surface area contributed by atoms with Crippen molar-refractivity contribution in [2.45, 2.75) is 302 Å². The van der Waals surface area contributed by atoms with Gasteiger partial charge in [0.15, 0.2) is 0 Å². The number of rotatable bonds is 54. The van der Waals surface area contributed by atoms with Crippen molar-refractivity contribution in [3.8, 4) is 0 Å². The van der Waals surface area contributed by atoms with Gasteiger partial charge in [0, 0.05) is 6.42 Å². The molecule has 0 spiro atoms. The number of unbranched alkanes of at least 4 members (excludes halogenated alkanes) is 39. The van der Waals surface area contributed by atoms with Crippen LogP contribution in [0.25, 0.3) is 0 Å². The van der Waals surface area contributed by atoms with Gasteiger partial charge in [0.25, 0.3) is 7.82 Å². The topological polar surface area (TPSA) is 108 Å². The van der Waals surface area contributed by atoms with Gasteiger partial charge in [-0.15, -0.1) is 0 Å². The number of quaternary nitrogens is 1. The highest BCUT2D eigenvalue weighted by atomic mass is 31.2. The predicted octanol–water partition coefficient (Wildman–Crippen LogP) is 17.0. The maximum atomic E-state index is 12.9. The zero-order chi connectivity index (χ0) is 49.2. The van der Waals surface area contributed by atoms with Crippen molar-refractivity contribution in [1.29, 1.82) is 0 Å². The third kappa shape index (κ3) is 52.6. The number of allylic oxidation sites excluding steroid dienone is 3. The fourth-order valence-corrected chi connectivity index (χ4v) is 9.52. The van der Waals surface area contributed by atoms with Crippen molar-refractivity contribution in [2.24, 2.45) is 0 Å². The highest BCUT2D eigenvalue weighted by Gasteiger charge is 2.23. The molecule has 398 valence electrons. The molecule has 0 radical (unpaired) electrons. The van der Waals surface area contributed by atoms with Crippen LogP contribution < -0.4 is 10.2 Å². The van der Waals surface area contributed by atoms with Gasteiger partial charge in [-0.05, 0) is 44.9 Å². The highest BCUT2D eigenvalue weighted by Crippen LogP contribution is 2.38. The zero-order valence-electron chi connectivity index (χ0n) is 45.4. The van der Waals surface area contributed by atoms with Crippen LogP contribution in [0.2, 0.25) is 0 Å². The summed E-state index contributed by atoms with van der Waals surface area (Å²) in [6.45, 7) is 4.67. The quantitative estimate of drug-likeness (QED) is 0.0272. The fourth-order valence-electron chi connectivity index (χ4n) is 8.80. The van der Waals surface area contributed by atoms with E-state index < -0.39 is 20.0 Å². The summed E-state index contributed by atoms with van der Waals surface area (Å²) in [7, 11) is 1.27. The molecule has 1 amide bonds. The van der Waals surface area contributed by atoms with Gasteiger partial charge in [-0.1, -0.05) is 263 Å². The molecule has 0 saturated heterocycles. The smallest absolute Gasteiger partial charge is 0.268 e. The first-order valence-electron chi connectivity index (χ1n) is 29.2. The molecule has 0 bridgehead atoms. The van der Waals surface area contributed by atoms with Crippen molar-refractivity contribution in [3.05, 3.63) is 24.3 Å². The van der Waals surface area contributed by atoms with E-state index in [0.29, 0.717) is 17.4 Å². The van der Waals surface area contributed by atoms with E-state index in [0.717, 1.165) is 51.4 Å². The van der Waals surface area contributed by atoms with Gasteiger partial charge in [-0.2, -0.15) is 0 Å². The van der Waals surface area contributed by atoms with Gasteiger partial charge in [-0.25, -0.2) is 0 Å². The number of hydrogen-bond donors (Lipinski definition) is 2. The molecule has 3 atom stereocenters. The Morgan fingerprint density at radius 3 is 1.16 bits per heavy atom. The van der Waals surface area contributed by atoms with E-state index >= 15 is 0 Å². The van der Waals surface area contributed by atoms with Crippen molar-refractivity contribution in [1.82, 2.24) is 5.32 Å². The van der Waals surface area contributed by atoms with Crippen LogP contribution >= 0.6 is 7.82 Å². The second-order valence-corrected chi connectivity index (χ2v) is 22.8. The van der Waals surface area contributed by atoms with Gasteiger partial charge < -0.3 is 28.8 Å². The Labute approximate surface area is 417 Å². The largest absolute Gasteiger partial charge is 0.756 e. The summed E-state index contributed by atoms with van der Waals surface area (Å²) < 4.78 is 23.3. The molecular weight excluding hydrogens is 852 g/mol. The Bertz CT molecular complexity index is 1140. The lowest BCUT2D eigenvalue weighted by Gasteiger charge is -2.29. The molecule has 9 heteroatoms. The summed E-state index contributed by atoms with van der Waals surface area (Å²) in [4.78, 5) is 25.4. The van der Waals surface area contributed by atoms with Crippen LogP contribution in [0.15, 0.2) is 24.3 Å². The van der Waals surface area contributed by atoms with E-state index in [1.807, 2.05) is 27.2 Å². The van der Waals surface area contributed by atoms with Gasteiger partial charge in [0.05, 0.1) is 39.9 Å². The summed E-state index contributed by atoms with van der Waals surface area (Å²) in [5.41, 5.74) is 0. The van der Waals surface area contributed by atoms with Crippen molar-refractivity contribution in [3.63, 3.8) is 0 Å². The summed E-state index contributed by atoms with van der Waals surface area (Å²) in [5, 5.41) is 13.9. The molecule has 0 aromatic heterocycles. The van der Waals surface area contributed by atoms with E-state index in [9.17, 15) is 19.4 Å². The third-order valence-corrected chi connectivity index (χ3v) is 14.4. The van der Waals surface area contributed by atoms with Crippen LogP contribution in [0.3, 0.4) is 0 Å². The molecule has 0 aliphatic heterocycles. The zero-order valence-corrected chi connectivity index (χ0v) is 46.3. The Kier molecular flexibility index (Phi) is 49.2. The summed E-state index contributed by atoms with van der Waals surface area (Å²) in [6.07, 6.45) is 62.7. The molecule has 0 fully saturated rings. The molecule has 0 aromatic rings. The predicted molar refractivity (Wildman–Crippen MR) is 289 cm³/mol. The summed E-state index contributed by atoms with van der Waals surface area (Å²) in [6, 6.07) is -0.889. The molecule has 0 aromatic carbocycles. The number of amides is 1. The van der Waals surface area contributed by atoms with Crippen molar-refractivity contribution < 1.29 is 32.9 Å². The number of phosphoric acid groups is 1. The Morgan fingerprint density at radius 1 is 0.507 bits per heavy atom. The molecule has 3 unspecified atom stereocenters. The molecule has 0 rings (SSSR count). The van der Waals surface area contributed by atoms with Gasteiger partial charge in [0.2, 0.25) is 5.91 Å². The average molecular weight is 968 g/mol. The normalized spacial score (nSPS) is 14.1. The molecule has 2 N–H and O–H groups in total. The van der Waals surface area contributed by atoms with Crippen LogP contribution in [0.5, 0.6) is 0 Å². The molecule has 0 aliphatic carbocycles. The Morgan fingerprint density at radius 2 is 0.821 bits per heavy atom. The number of aliphatic hydroxyl groups is 1. The molecule has 67 heavy (non-hydrogen) atoms. The second kappa shape index (κ2) is 49.9. The molecule has 0 heterocycles. The minimum atomic E-state index is -4.60. The molecule has 8 nitrogen and oxygen atoms in total. The first kappa shape index (κ1) is 66.0. The van der Waals surface area contributed by atoms with Gasteiger partial charge in [-0.3, -0.25) is 9.36 Å². The van der Waals surface area contributed by atoms with Gasteiger partial charge in [0.1, 0.15) is 13.2 Å². The van der Waals surface area contributed by atoms with Crippen LogP contribution in [0.4, 0.5) is 0 Å². The first-order chi connectivity index (χ1) is 32.5. The van der Waals surface area contributed by atoms with E-state index in [2.05, 4.69) is 31.3 Å². The lowest BCUT2D eigenvalue weighted by molar-refractivity contribution is -0.870. The lowest BCUT2D eigenvalue weighted by Crippen LogP contribution is -2.45. The lowest BCUT2D eigenvalue weighted by atomic mass is 10.0.